The minimum absolute atomic E-state index is 0.0146. The first-order chi connectivity index (χ1) is 16.7. The zero-order valence-corrected chi connectivity index (χ0v) is 21.4. The zero-order valence-electron chi connectivity index (χ0n) is 19.8. The molecular formula is C23H25ClFN5O4S. The smallest absolute Gasteiger partial charge is 0.288 e. The van der Waals surface area contributed by atoms with E-state index in [0.717, 1.165) is 11.8 Å². The maximum atomic E-state index is 13.7. The molecule has 0 atom stereocenters. The lowest BCUT2D eigenvalue weighted by Gasteiger charge is -2.25. The fraction of sp³-hybridized carbons (Fsp3) is 0.391. The van der Waals surface area contributed by atoms with E-state index in [1.165, 1.54) is 30.0 Å². The van der Waals surface area contributed by atoms with Crippen molar-refractivity contribution in [1.29, 1.82) is 0 Å². The molecule has 0 aliphatic carbocycles. The Morgan fingerprint density at radius 1 is 1.26 bits per heavy atom. The summed E-state index contributed by atoms with van der Waals surface area (Å²) in [5, 5.41) is 4.67. The molecule has 35 heavy (non-hydrogen) atoms. The molecular weight excluding hydrogens is 497 g/mol. The van der Waals surface area contributed by atoms with Crippen LogP contribution in [0.15, 0.2) is 28.0 Å². The van der Waals surface area contributed by atoms with Gasteiger partial charge in [-0.1, -0.05) is 17.7 Å². The van der Waals surface area contributed by atoms with Crippen LogP contribution < -0.4 is 10.3 Å². The third kappa shape index (κ3) is 4.38. The molecule has 2 amide bonds. The van der Waals surface area contributed by atoms with E-state index < -0.39 is 11.4 Å². The maximum absolute atomic E-state index is 13.7. The van der Waals surface area contributed by atoms with Gasteiger partial charge in [0.15, 0.2) is 16.5 Å². The highest BCUT2D eigenvalue weighted by Crippen LogP contribution is 2.38. The molecule has 186 valence electrons. The van der Waals surface area contributed by atoms with E-state index in [1.807, 2.05) is 13.8 Å². The average molecular weight is 522 g/mol. The van der Waals surface area contributed by atoms with Crippen molar-refractivity contribution in [3.63, 3.8) is 0 Å². The van der Waals surface area contributed by atoms with Gasteiger partial charge in [-0.25, -0.2) is 9.07 Å². The van der Waals surface area contributed by atoms with E-state index in [2.05, 4.69) is 5.10 Å². The molecule has 0 unspecified atom stereocenters. The van der Waals surface area contributed by atoms with Crippen molar-refractivity contribution < 1.29 is 18.7 Å². The van der Waals surface area contributed by atoms with Crippen LogP contribution in [0.2, 0.25) is 5.02 Å². The molecule has 0 bridgehead atoms. The van der Waals surface area contributed by atoms with Crippen LogP contribution >= 0.6 is 23.4 Å². The number of amides is 2. The van der Waals surface area contributed by atoms with Gasteiger partial charge in [-0.3, -0.25) is 14.4 Å². The van der Waals surface area contributed by atoms with Crippen molar-refractivity contribution in [2.24, 2.45) is 0 Å². The van der Waals surface area contributed by atoms with Crippen molar-refractivity contribution in [2.45, 2.75) is 32.0 Å². The average Bonchev–Trinajstić information content (AvgIpc) is 3.18. The fourth-order valence-corrected chi connectivity index (χ4v) is 5.33. The first kappa shape index (κ1) is 25.1. The van der Waals surface area contributed by atoms with Gasteiger partial charge < -0.3 is 19.1 Å². The molecule has 0 saturated heterocycles. The first-order valence-electron chi connectivity index (χ1n) is 11.1. The summed E-state index contributed by atoms with van der Waals surface area (Å²) in [6.45, 7) is 5.62. The van der Waals surface area contributed by atoms with Crippen molar-refractivity contribution in [2.75, 3.05) is 33.8 Å². The Balaban J connectivity index is 1.97. The summed E-state index contributed by atoms with van der Waals surface area (Å²) in [7, 11) is 3.08. The topological polar surface area (TPSA) is 89.7 Å². The normalized spacial score (nSPS) is 13.3. The summed E-state index contributed by atoms with van der Waals surface area (Å²) in [5.74, 6) is -0.713. The van der Waals surface area contributed by atoms with Crippen molar-refractivity contribution in [3.8, 4) is 5.75 Å². The van der Waals surface area contributed by atoms with Gasteiger partial charge in [0.1, 0.15) is 11.2 Å². The largest absolute Gasteiger partial charge is 0.493 e. The molecule has 0 saturated carbocycles. The van der Waals surface area contributed by atoms with Crippen LogP contribution in [0.5, 0.6) is 5.75 Å². The molecule has 0 radical (unpaired) electrons. The number of methoxy groups -OCH3 is 1. The molecule has 0 fully saturated rings. The van der Waals surface area contributed by atoms with Gasteiger partial charge in [0.25, 0.3) is 16.7 Å². The first-order valence-corrected chi connectivity index (χ1v) is 12.3. The number of benzene rings is 1. The van der Waals surface area contributed by atoms with Gasteiger partial charge in [0.2, 0.25) is 0 Å². The molecule has 4 rings (SSSR count). The van der Waals surface area contributed by atoms with E-state index in [-0.39, 0.29) is 44.6 Å². The third-order valence-electron chi connectivity index (χ3n) is 6.02. The maximum Gasteiger partial charge on any atom is 0.288 e. The Morgan fingerprint density at radius 2 is 1.97 bits per heavy atom. The predicted octanol–water partition coefficient (Wildman–Crippen LogP) is 3.69. The number of thioether (sulfide) groups is 1. The van der Waals surface area contributed by atoms with E-state index in [0.29, 0.717) is 37.3 Å². The van der Waals surface area contributed by atoms with E-state index in [1.54, 1.807) is 21.4 Å². The molecule has 1 aliphatic heterocycles. The Kier molecular flexibility index (Phi) is 7.09. The third-order valence-corrected chi connectivity index (χ3v) is 7.21. The lowest BCUT2D eigenvalue weighted by Crippen LogP contribution is -2.37. The number of nitrogens with zero attached hydrogens (tertiary/aromatic N) is 5. The number of rotatable bonds is 6. The Labute approximate surface area is 210 Å². The van der Waals surface area contributed by atoms with Crippen LogP contribution in [0.3, 0.4) is 0 Å². The zero-order chi connectivity index (χ0) is 25.4. The Hall–Kier alpha value is -3.05. The minimum Gasteiger partial charge on any atom is -0.493 e. The molecule has 2 aromatic heterocycles. The van der Waals surface area contributed by atoms with Crippen LogP contribution in [0.4, 0.5) is 9.18 Å². The van der Waals surface area contributed by atoms with Crippen LogP contribution in [-0.2, 0) is 13.1 Å². The van der Waals surface area contributed by atoms with Gasteiger partial charge in [0.05, 0.1) is 24.2 Å². The summed E-state index contributed by atoms with van der Waals surface area (Å²) in [4.78, 5) is 42.8. The highest BCUT2D eigenvalue weighted by atomic mass is 35.5. The Morgan fingerprint density at radius 3 is 2.60 bits per heavy atom. The molecule has 0 N–H and O–H groups in total. The molecule has 3 heterocycles. The van der Waals surface area contributed by atoms with E-state index >= 15 is 0 Å². The SMILES string of the molecule is CCN(CC)C(=O)Sc1nn(Cc2ccc(F)c(Cl)c2)c(=O)c2c(OC)c3n(c12)CCN(C)C3=O. The number of fused-ring (bicyclic) bond motifs is 3. The van der Waals surface area contributed by atoms with E-state index in [9.17, 15) is 18.8 Å². The van der Waals surface area contributed by atoms with Crippen molar-refractivity contribution >= 4 is 45.4 Å². The number of ether oxygens (including phenoxy) is 1. The molecule has 12 heteroatoms. The number of halogens is 2. The number of hydrogen-bond acceptors (Lipinski definition) is 6. The van der Waals surface area contributed by atoms with Gasteiger partial charge in [-0.05, 0) is 43.3 Å². The fourth-order valence-electron chi connectivity index (χ4n) is 4.13. The molecule has 1 aromatic carbocycles. The van der Waals surface area contributed by atoms with Gasteiger partial charge >= 0.3 is 0 Å². The van der Waals surface area contributed by atoms with Crippen LogP contribution in [0.25, 0.3) is 10.9 Å². The number of carbonyl (C=O) groups excluding carboxylic acids is 2. The van der Waals surface area contributed by atoms with Gasteiger partial charge in [-0.2, -0.15) is 5.10 Å². The highest BCUT2D eigenvalue weighted by molar-refractivity contribution is 8.13. The van der Waals surface area contributed by atoms with Crippen molar-refractivity contribution in [3.05, 3.63) is 50.7 Å². The van der Waals surface area contributed by atoms with Crippen LogP contribution in [0, 0.1) is 5.82 Å². The highest BCUT2D eigenvalue weighted by Gasteiger charge is 2.34. The second-order valence-corrected chi connectivity index (χ2v) is 9.39. The number of carbonyl (C=O) groups is 2. The second-order valence-electron chi connectivity index (χ2n) is 8.04. The predicted molar refractivity (Wildman–Crippen MR) is 132 cm³/mol. The number of likely N-dealkylation sites (N-methyl/N-ethyl adjacent to an activating group) is 1. The van der Waals surface area contributed by atoms with Crippen molar-refractivity contribution in [1.82, 2.24) is 24.1 Å². The lowest BCUT2D eigenvalue weighted by molar-refractivity contribution is 0.0746. The summed E-state index contributed by atoms with van der Waals surface area (Å²) in [5.41, 5.74) is 0.696. The molecule has 9 nitrogen and oxygen atoms in total. The van der Waals surface area contributed by atoms with Gasteiger partial charge in [0, 0.05) is 33.2 Å². The number of aromatic nitrogens is 3. The minimum atomic E-state index is -0.573. The monoisotopic (exact) mass is 521 g/mol. The quantitative estimate of drug-likeness (QED) is 0.460. The number of hydrogen-bond donors (Lipinski definition) is 0. The summed E-state index contributed by atoms with van der Waals surface area (Å²) >= 11 is 6.82. The Bertz CT molecular complexity index is 1380. The summed E-state index contributed by atoms with van der Waals surface area (Å²) in [6, 6.07) is 4.14. The molecule has 1 aliphatic rings. The second kappa shape index (κ2) is 9.90. The summed E-state index contributed by atoms with van der Waals surface area (Å²) in [6.07, 6.45) is 0. The van der Waals surface area contributed by atoms with Gasteiger partial charge in [-0.15, -0.1) is 0 Å². The molecule has 3 aromatic rings. The summed E-state index contributed by atoms with van der Waals surface area (Å²) < 4.78 is 22.1. The van der Waals surface area contributed by atoms with Crippen LogP contribution in [-0.4, -0.2) is 69.1 Å². The lowest BCUT2D eigenvalue weighted by atomic mass is 10.2. The van der Waals surface area contributed by atoms with Crippen LogP contribution in [0.1, 0.15) is 29.9 Å². The standard InChI is InChI=1S/C23H25ClFN5O4S/c1-5-28(6-2)23(33)35-20-17-16(19(34-4)18-22(32)27(3)9-10-29(17)18)21(31)30(26-20)12-13-7-8-15(25)14(24)11-13/h7-8,11H,5-6,9-10,12H2,1-4H3. The molecule has 0 spiro atoms. The van der Waals surface area contributed by atoms with E-state index in [4.69, 9.17) is 16.3 Å².